The van der Waals surface area contributed by atoms with E-state index in [4.69, 9.17) is 0 Å². The van der Waals surface area contributed by atoms with Crippen LogP contribution in [0, 0.1) is 3.57 Å². The fourth-order valence-electron chi connectivity index (χ4n) is 2.00. The number of hydrogen-bond donors (Lipinski definition) is 2. The van der Waals surface area contributed by atoms with Gasteiger partial charge in [-0.3, -0.25) is 0 Å². The third kappa shape index (κ3) is 3.34. The first kappa shape index (κ1) is 11.2. The molecule has 1 aromatic rings. The van der Waals surface area contributed by atoms with E-state index in [2.05, 4.69) is 52.2 Å². The van der Waals surface area contributed by atoms with Crippen LogP contribution in [0.15, 0.2) is 24.3 Å². The molecular weight excluding hydrogens is 301 g/mol. The van der Waals surface area contributed by atoms with E-state index >= 15 is 0 Å². The topological polar surface area (TPSA) is 32.3 Å². The summed E-state index contributed by atoms with van der Waals surface area (Å²) < 4.78 is 1.26. The molecule has 15 heavy (non-hydrogen) atoms. The van der Waals surface area contributed by atoms with Crippen molar-refractivity contribution in [3.05, 3.63) is 27.8 Å². The molecule has 2 rings (SSSR count). The number of benzene rings is 1. The van der Waals surface area contributed by atoms with Gasteiger partial charge in [0.2, 0.25) is 0 Å². The minimum Gasteiger partial charge on any atom is -0.393 e. The Bertz CT molecular complexity index is 304. The molecule has 1 aromatic carbocycles. The number of hydrogen-bond acceptors (Lipinski definition) is 2. The largest absolute Gasteiger partial charge is 0.393 e. The highest BCUT2D eigenvalue weighted by Gasteiger charge is 2.18. The lowest BCUT2D eigenvalue weighted by Crippen LogP contribution is -2.28. The Hall–Kier alpha value is -0.290. The molecule has 1 saturated carbocycles. The van der Waals surface area contributed by atoms with E-state index in [1.54, 1.807) is 0 Å². The van der Waals surface area contributed by atoms with Gasteiger partial charge in [0.15, 0.2) is 0 Å². The zero-order valence-electron chi connectivity index (χ0n) is 8.62. The Morgan fingerprint density at radius 3 is 2.27 bits per heavy atom. The maximum Gasteiger partial charge on any atom is 0.0541 e. The van der Waals surface area contributed by atoms with E-state index in [1.807, 2.05) is 0 Å². The molecule has 0 heterocycles. The van der Waals surface area contributed by atoms with Gasteiger partial charge >= 0.3 is 0 Å². The van der Waals surface area contributed by atoms with Gasteiger partial charge in [-0.25, -0.2) is 0 Å². The zero-order chi connectivity index (χ0) is 10.7. The highest BCUT2D eigenvalue weighted by atomic mass is 127. The summed E-state index contributed by atoms with van der Waals surface area (Å²) in [6.45, 7) is 0. The van der Waals surface area contributed by atoms with Crippen LogP contribution in [0.2, 0.25) is 0 Å². The van der Waals surface area contributed by atoms with Crippen molar-refractivity contribution in [3.63, 3.8) is 0 Å². The standard InChI is InChI=1S/C12H16INO/c13-9-1-3-10(4-2-9)14-11-5-7-12(15)8-6-11/h1-4,11-12,14-15H,5-8H2/t11-,12-. The third-order valence-electron chi connectivity index (χ3n) is 2.91. The van der Waals surface area contributed by atoms with Crippen molar-refractivity contribution in [1.82, 2.24) is 0 Å². The summed E-state index contributed by atoms with van der Waals surface area (Å²) in [4.78, 5) is 0. The van der Waals surface area contributed by atoms with Gasteiger partial charge in [0.05, 0.1) is 6.10 Å². The summed E-state index contributed by atoms with van der Waals surface area (Å²) >= 11 is 2.31. The monoisotopic (exact) mass is 317 g/mol. The highest BCUT2D eigenvalue weighted by molar-refractivity contribution is 14.1. The predicted octanol–water partition coefficient (Wildman–Crippen LogP) is 3.01. The lowest BCUT2D eigenvalue weighted by Gasteiger charge is -2.27. The molecule has 3 heteroatoms. The van der Waals surface area contributed by atoms with Gasteiger partial charge in [-0.05, 0) is 72.5 Å². The summed E-state index contributed by atoms with van der Waals surface area (Å²) in [6, 6.07) is 8.99. The van der Waals surface area contributed by atoms with Crippen molar-refractivity contribution in [2.24, 2.45) is 0 Å². The Morgan fingerprint density at radius 1 is 1.07 bits per heavy atom. The van der Waals surface area contributed by atoms with E-state index in [9.17, 15) is 5.11 Å². The van der Waals surface area contributed by atoms with Crippen LogP contribution in [0.5, 0.6) is 0 Å². The molecule has 0 atom stereocenters. The summed E-state index contributed by atoms with van der Waals surface area (Å²) in [5, 5.41) is 12.9. The fourth-order valence-corrected chi connectivity index (χ4v) is 2.36. The van der Waals surface area contributed by atoms with Crippen molar-refractivity contribution in [2.75, 3.05) is 5.32 Å². The summed E-state index contributed by atoms with van der Waals surface area (Å²) in [5.41, 5.74) is 1.19. The molecule has 0 aromatic heterocycles. The fraction of sp³-hybridized carbons (Fsp3) is 0.500. The van der Waals surface area contributed by atoms with Crippen LogP contribution in [0.3, 0.4) is 0 Å². The zero-order valence-corrected chi connectivity index (χ0v) is 10.8. The first-order valence-corrected chi connectivity index (χ1v) is 6.52. The Kier molecular flexibility index (Phi) is 3.86. The van der Waals surface area contributed by atoms with Crippen molar-refractivity contribution in [2.45, 2.75) is 37.8 Å². The summed E-state index contributed by atoms with van der Waals surface area (Å²) in [5.74, 6) is 0. The van der Waals surface area contributed by atoms with Crippen LogP contribution < -0.4 is 5.32 Å². The molecule has 0 spiro atoms. The lowest BCUT2D eigenvalue weighted by atomic mass is 9.93. The lowest BCUT2D eigenvalue weighted by molar-refractivity contribution is 0.126. The van der Waals surface area contributed by atoms with Crippen LogP contribution in [0.1, 0.15) is 25.7 Å². The van der Waals surface area contributed by atoms with Gasteiger partial charge in [-0.15, -0.1) is 0 Å². The summed E-state index contributed by atoms with van der Waals surface area (Å²) in [6.07, 6.45) is 3.95. The van der Waals surface area contributed by atoms with Gasteiger partial charge < -0.3 is 10.4 Å². The molecule has 0 amide bonds. The van der Waals surface area contributed by atoms with Crippen molar-refractivity contribution >= 4 is 28.3 Å². The Balaban J connectivity index is 1.89. The van der Waals surface area contributed by atoms with Crippen LogP contribution in [-0.2, 0) is 0 Å². The summed E-state index contributed by atoms with van der Waals surface area (Å²) in [7, 11) is 0. The Morgan fingerprint density at radius 2 is 1.67 bits per heavy atom. The first-order chi connectivity index (χ1) is 7.24. The van der Waals surface area contributed by atoms with Crippen molar-refractivity contribution in [1.29, 1.82) is 0 Å². The van der Waals surface area contributed by atoms with Crippen molar-refractivity contribution in [3.8, 4) is 0 Å². The molecule has 1 fully saturated rings. The van der Waals surface area contributed by atoms with Crippen LogP contribution in [0.4, 0.5) is 5.69 Å². The molecule has 0 unspecified atom stereocenters. The van der Waals surface area contributed by atoms with E-state index in [0.29, 0.717) is 6.04 Å². The smallest absolute Gasteiger partial charge is 0.0541 e. The van der Waals surface area contributed by atoms with Crippen LogP contribution in [-0.4, -0.2) is 17.3 Å². The molecule has 2 N–H and O–H groups in total. The second-order valence-corrected chi connectivity index (χ2v) is 5.40. The SMILES string of the molecule is O[C@H]1CC[C@H](Nc2ccc(I)cc2)CC1. The van der Waals surface area contributed by atoms with Gasteiger partial charge in [0, 0.05) is 15.3 Å². The molecule has 82 valence electrons. The maximum atomic E-state index is 9.40. The number of anilines is 1. The predicted molar refractivity (Wildman–Crippen MR) is 71.0 cm³/mol. The van der Waals surface area contributed by atoms with E-state index in [-0.39, 0.29) is 6.10 Å². The third-order valence-corrected chi connectivity index (χ3v) is 3.63. The van der Waals surface area contributed by atoms with E-state index in [0.717, 1.165) is 25.7 Å². The number of aliphatic hydroxyl groups excluding tert-OH is 1. The second kappa shape index (κ2) is 5.16. The number of rotatable bonds is 2. The number of nitrogens with one attached hydrogen (secondary N) is 1. The molecule has 1 aliphatic rings. The van der Waals surface area contributed by atoms with Gasteiger partial charge in [-0.1, -0.05) is 0 Å². The van der Waals surface area contributed by atoms with Gasteiger partial charge in [0.1, 0.15) is 0 Å². The average Bonchev–Trinajstić information content (AvgIpc) is 2.25. The van der Waals surface area contributed by atoms with Crippen LogP contribution >= 0.6 is 22.6 Å². The van der Waals surface area contributed by atoms with Gasteiger partial charge in [-0.2, -0.15) is 0 Å². The molecule has 0 aliphatic heterocycles. The van der Waals surface area contributed by atoms with Crippen molar-refractivity contribution < 1.29 is 5.11 Å². The molecule has 2 nitrogen and oxygen atoms in total. The molecule has 0 saturated heterocycles. The number of halogens is 1. The molecular formula is C12H16INO. The molecule has 0 radical (unpaired) electrons. The normalized spacial score (nSPS) is 26.3. The molecule has 0 bridgehead atoms. The first-order valence-electron chi connectivity index (χ1n) is 5.44. The van der Waals surface area contributed by atoms with Crippen LogP contribution in [0.25, 0.3) is 0 Å². The molecule has 1 aliphatic carbocycles. The second-order valence-electron chi connectivity index (χ2n) is 4.16. The number of aliphatic hydroxyl groups is 1. The quantitative estimate of drug-likeness (QED) is 0.822. The highest BCUT2D eigenvalue weighted by Crippen LogP contribution is 2.22. The minimum atomic E-state index is -0.0697. The average molecular weight is 317 g/mol. The van der Waals surface area contributed by atoms with Gasteiger partial charge in [0.25, 0.3) is 0 Å². The minimum absolute atomic E-state index is 0.0697. The van der Waals surface area contributed by atoms with E-state index in [1.165, 1.54) is 9.26 Å². The Labute approximate surface area is 104 Å². The van der Waals surface area contributed by atoms with E-state index < -0.39 is 0 Å². The maximum absolute atomic E-state index is 9.40.